The zero-order valence-electron chi connectivity index (χ0n) is 14.1. The highest BCUT2D eigenvalue weighted by Gasteiger charge is 2.33. The van der Waals surface area contributed by atoms with E-state index in [-0.39, 0.29) is 17.2 Å². The van der Waals surface area contributed by atoms with Crippen LogP contribution >= 0.6 is 12.2 Å². The van der Waals surface area contributed by atoms with Gasteiger partial charge < -0.3 is 14.2 Å². The lowest BCUT2D eigenvalue weighted by Gasteiger charge is -2.28. The lowest BCUT2D eigenvalue weighted by atomic mass is 10.1. The van der Waals surface area contributed by atoms with Crippen molar-refractivity contribution in [2.75, 3.05) is 27.9 Å². The third kappa shape index (κ3) is 3.48. The average molecular weight is 362 g/mol. The van der Waals surface area contributed by atoms with Gasteiger partial charge in [-0.1, -0.05) is 6.08 Å². The quantitative estimate of drug-likeness (QED) is 0.358. The predicted octanol–water partition coefficient (Wildman–Crippen LogP) is 1.53. The molecule has 2 amide bonds. The maximum atomic E-state index is 12.6. The van der Waals surface area contributed by atoms with Crippen LogP contribution in [0.4, 0.5) is 0 Å². The highest BCUT2D eigenvalue weighted by atomic mass is 32.1. The van der Waals surface area contributed by atoms with E-state index in [1.165, 1.54) is 38.4 Å². The summed E-state index contributed by atoms with van der Waals surface area (Å²) in [6, 6.07) is 3.32. The van der Waals surface area contributed by atoms with Gasteiger partial charge in [-0.15, -0.1) is 6.58 Å². The number of carbonyl (C=O) groups is 2. The molecule has 1 aliphatic rings. The first-order valence-electron chi connectivity index (χ1n) is 7.27. The Bertz CT molecular complexity index is 773. The van der Waals surface area contributed by atoms with E-state index in [0.717, 1.165) is 0 Å². The minimum absolute atomic E-state index is 0.0475. The maximum Gasteiger partial charge on any atom is 0.265 e. The first kappa shape index (κ1) is 18.5. The molecule has 0 radical (unpaired) electrons. The number of benzene rings is 1. The topological polar surface area (TPSA) is 77.1 Å². The summed E-state index contributed by atoms with van der Waals surface area (Å²) >= 11 is 5.02. The third-order valence-electron chi connectivity index (χ3n) is 3.53. The van der Waals surface area contributed by atoms with Crippen molar-refractivity contribution in [3.63, 3.8) is 0 Å². The molecule has 0 atom stereocenters. The maximum absolute atomic E-state index is 12.6. The fourth-order valence-corrected chi connectivity index (χ4v) is 2.63. The molecule has 1 aliphatic heterocycles. The van der Waals surface area contributed by atoms with Crippen LogP contribution in [-0.4, -0.2) is 49.7 Å². The van der Waals surface area contributed by atoms with Gasteiger partial charge in [-0.25, -0.2) is 0 Å². The summed E-state index contributed by atoms with van der Waals surface area (Å²) in [4.78, 5) is 26.0. The highest BCUT2D eigenvalue weighted by molar-refractivity contribution is 7.80. The van der Waals surface area contributed by atoms with Crippen LogP contribution in [0.25, 0.3) is 6.08 Å². The van der Waals surface area contributed by atoms with Gasteiger partial charge in [-0.2, -0.15) is 0 Å². The van der Waals surface area contributed by atoms with E-state index in [1.807, 2.05) is 0 Å². The molecule has 132 valence electrons. The van der Waals surface area contributed by atoms with Gasteiger partial charge in [-0.05, 0) is 30.4 Å². The number of amides is 2. The number of carbonyl (C=O) groups excluding carboxylic acids is 2. The van der Waals surface area contributed by atoms with Crippen LogP contribution in [0.3, 0.4) is 0 Å². The molecule has 7 nitrogen and oxygen atoms in total. The molecule has 0 saturated carbocycles. The number of nitrogens with one attached hydrogen (secondary N) is 1. The standard InChI is InChI=1S/C17H18N2O5S/c1-5-8-19-16(21)11(15(20)18-17(19)25)9-10-6-7-12(22-2)14(24-4)13(10)23-3/h5-7,9H,1,8H2,2-4H3,(H,18,20,25). The Hall–Kier alpha value is -2.87. The molecule has 8 heteroatoms. The van der Waals surface area contributed by atoms with E-state index in [1.54, 1.807) is 12.1 Å². The van der Waals surface area contributed by atoms with Crippen LogP contribution in [0.1, 0.15) is 5.56 Å². The van der Waals surface area contributed by atoms with E-state index in [4.69, 9.17) is 26.4 Å². The molecule has 1 fully saturated rings. The van der Waals surface area contributed by atoms with Crippen molar-refractivity contribution in [3.05, 3.63) is 35.9 Å². The minimum Gasteiger partial charge on any atom is -0.493 e. The van der Waals surface area contributed by atoms with Gasteiger partial charge in [0.2, 0.25) is 5.75 Å². The summed E-state index contributed by atoms with van der Waals surface area (Å²) in [5.41, 5.74) is 0.422. The van der Waals surface area contributed by atoms with Gasteiger partial charge in [0.25, 0.3) is 11.8 Å². The van der Waals surface area contributed by atoms with E-state index >= 15 is 0 Å². The molecule has 0 unspecified atom stereocenters. The second-order valence-electron chi connectivity index (χ2n) is 4.95. The Balaban J connectivity index is 2.54. The lowest BCUT2D eigenvalue weighted by molar-refractivity contribution is -0.128. The number of ether oxygens (including phenoxy) is 3. The smallest absolute Gasteiger partial charge is 0.265 e. The fourth-order valence-electron chi connectivity index (χ4n) is 2.38. The Morgan fingerprint density at radius 3 is 2.40 bits per heavy atom. The van der Waals surface area contributed by atoms with Gasteiger partial charge in [0.1, 0.15) is 5.57 Å². The van der Waals surface area contributed by atoms with Crippen LogP contribution in [0.5, 0.6) is 17.2 Å². The van der Waals surface area contributed by atoms with Crippen molar-refractivity contribution in [1.82, 2.24) is 10.2 Å². The van der Waals surface area contributed by atoms with Crippen LogP contribution in [-0.2, 0) is 9.59 Å². The lowest BCUT2D eigenvalue weighted by Crippen LogP contribution is -2.53. The Morgan fingerprint density at radius 1 is 1.16 bits per heavy atom. The monoisotopic (exact) mass is 362 g/mol. The zero-order chi connectivity index (χ0) is 18.6. The van der Waals surface area contributed by atoms with Crippen molar-refractivity contribution >= 4 is 35.2 Å². The highest BCUT2D eigenvalue weighted by Crippen LogP contribution is 2.40. The Morgan fingerprint density at radius 2 is 1.84 bits per heavy atom. The largest absolute Gasteiger partial charge is 0.493 e. The van der Waals surface area contributed by atoms with Crippen molar-refractivity contribution < 1.29 is 23.8 Å². The van der Waals surface area contributed by atoms with Crippen LogP contribution in [0.15, 0.2) is 30.4 Å². The first-order valence-corrected chi connectivity index (χ1v) is 7.68. The van der Waals surface area contributed by atoms with E-state index in [9.17, 15) is 9.59 Å². The summed E-state index contributed by atoms with van der Waals surface area (Å²) < 4.78 is 15.9. The van der Waals surface area contributed by atoms with Gasteiger partial charge in [0, 0.05) is 12.1 Å². The molecule has 25 heavy (non-hydrogen) atoms. The summed E-state index contributed by atoms with van der Waals surface area (Å²) in [5.74, 6) is 0.0906. The average Bonchev–Trinajstić information content (AvgIpc) is 2.61. The number of nitrogens with zero attached hydrogens (tertiary/aromatic N) is 1. The van der Waals surface area contributed by atoms with Crippen LogP contribution in [0.2, 0.25) is 0 Å². The molecule has 0 spiro atoms. The van der Waals surface area contributed by atoms with Gasteiger partial charge in [-0.3, -0.25) is 19.8 Å². The number of rotatable bonds is 6. The normalized spacial score (nSPS) is 15.9. The van der Waals surface area contributed by atoms with Crippen molar-refractivity contribution in [3.8, 4) is 17.2 Å². The second-order valence-corrected chi connectivity index (χ2v) is 5.33. The molecular formula is C17H18N2O5S. The number of thiocarbonyl (C=S) groups is 1. The van der Waals surface area contributed by atoms with E-state index in [0.29, 0.717) is 22.8 Å². The van der Waals surface area contributed by atoms with Crippen LogP contribution < -0.4 is 19.5 Å². The SMILES string of the molecule is C=CCN1C(=O)C(=Cc2ccc(OC)c(OC)c2OC)C(=O)NC1=S. The van der Waals surface area contributed by atoms with Gasteiger partial charge >= 0.3 is 0 Å². The molecule has 1 aromatic carbocycles. The molecule has 1 heterocycles. The summed E-state index contributed by atoms with van der Waals surface area (Å²) in [7, 11) is 4.43. The Labute approximate surface area is 150 Å². The molecule has 2 rings (SSSR count). The minimum atomic E-state index is -0.577. The molecule has 0 aliphatic carbocycles. The fraction of sp³-hybridized carbons (Fsp3) is 0.235. The molecule has 1 N–H and O–H groups in total. The summed E-state index contributed by atoms with van der Waals surface area (Å²) in [6.07, 6.45) is 2.95. The summed E-state index contributed by atoms with van der Waals surface area (Å²) in [5, 5.41) is 2.54. The second kappa shape index (κ2) is 7.80. The van der Waals surface area contributed by atoms with E-state index in [2.05, 4.69) is 11.9 Å². The third-order valence-corrected chi connectivity index (χ3v) is 3.85. The van der Waals surface area contributed by atoms with Gasteiger partial charge in [0.05, 0.1) is 21.3 Å². The molecule has 1 saturated heterocycles. The molecule has 0 aromatic heterocycles. The number of hydrogen-bond donors (Lipinski definition) is 1. The Kier molecular flexibility index (Phi) is 5.76. The van der Waals surface area contributed by atoms with Gasteiger partial charge in [0.15, 0.2) is 16.6 Å². The van der Waals surface area contributed by atoms with Crippen molar-refractivity contribution in [1.29, 1.82) is 0 Å². The molecular weight excluding hydrogens is 344 g/mol. The molecule has 0 bridgehead atoms. The summed E-state index contributed by atoms with van der Waals surface area (Å²) in [6.45, 7) is 3.78. The van der Waals surface area contributed by atoms with Crippen molar-refractivity contribution in [2.45, 2.75) is 0 Å². The van der Waals surface area contributed by atoms with E-state index < -0.39 is 11.8 Å². The number of hydrogen-bond acceptors (Lipinski definition) is 6. The zero-order valence-corrected chi connectivity index (χ0v) is 14.9. The molecule has 1 aromatic rings. The number of methoxy groups -OCH3 is 3. The van der Waals surface area contributed by atoms with Crippen LogP contribution in [0, 0.1) is 0 Å². The predicted molar refractivity (Wildman–Crippen MR) is 96.7 cm³/mol. The first-order chi connectivity index (χ1) is 12.0. The van der Waals surface area contributed by atoms with Crippen molar-refractivity contribution in [2.24, 2.45) is 0 Å².